The molecule has 160 valence electrons. The summed E-state index contributed by atoms with van der Waals surface area (Å²) in [5.74, 6) is 1.03. The lowest BCUT2D eigenvalue weighted by Gasteiger charge is -2.19. The highest BCUT2D eigenvalue weighted by molar-refractivity contribution is 7.99. The molecule has 0 bridgehead atoms. The number of aryl methyl sites for hydroxylation is 1. The van der Waals surface area contributed by atoms with Gasteiger partial charge in [0.25, 0.3) is 0 Å². The number of benzene rings is 3. The molecule has 3 aromatic carbocycles. The van der Waals surface area contributed by atoms with Gasteiger partial charge in [-0.15, -0.1) is 11.8 Å². The average molecular weight is 432 g/mol. The minimum Gasteiger partial charge on any atom is -0.325 e. The average Bonchev–Trinajstić information content (AvgIpc) is 2.74. The normalized spacial score (nSPS) is 11.2. The summed E-state index contributed by atoms with van der Waals surface area (Å²) in [6.45, 7) is 8.50. The molecule has 1 amide bonds. The summed E-state index contributed by atoms with van der Waals surface area (Å²) < 4.78 is 0. The van der Waals surface area contributed by atoms with Crippen molar-refractivity contribution in [2.24, 2.45) is 0 Å². The van der Waals surface area contributed by atoms with E-state index in [0.29, 0.717) is 22.6 Å². The van der Waals surface area contributed by atoms with E-state index in [0.717, 1.165) is 5.75 Å². The molecule has 1 N–H and O–H groups in total. The number of carbonyl (C=O) groups is 2. The van der Waals surface area contributed by atoms with Crippen LogP contribution in [0.5, 0.6) is 0 Å². The summed E-state index contributed by atoms with van der Waals surface area (Å²) >= 11 is 1.57. The fourth-order valence-corrected chi connectivity index (χ4v) is 3.96. The third-order valence-electron chi connectivity index (χ3n) is 5.04. The maximum absolute atomic E-state index is 12.9. The molecule has 0 radical (unpaired) electrons. The van der Waals surface area contributed by atoms with Crippen molar-refractivity contribution in [3.8, 4) is 0 Å². The molecule has 0 spiro atoms. The van der Waals surface area contributed by atoms with E-state index >= 15 is 0 Å². The van der Waals surface area contributed by atoms with E-state index in [9.17, 15) is 9.59 Å². The number of thioether (sulfide) groups is 1. The van der Waals surface area contributed by atoms with Gasteiger partial charge in [-0.1, -0.05) is 87.0 Å². The summed E-state index contributed by atoms with van der Waals surface area (Å²) in [7, 11) is 0. The Morgan fingerprint density at radius 1 is 0.871 bits per heavy atom. The quantitative estimate of drug-likeness (QED) is 0.441. The smallest absolute Gasteiger partial charge is 0.234 e. The largest absolute Gasteiger partial charge is 0.325 e. The summed E-state index contributed by atoms with van der Waals surface area (Å²) in [5.41, 5.74) is 5.51. The lowest BCUT2D eigenvalue weighted by Crippen LogP contribution is -2.14. The molecule has 3 nitrogen and oxygen atoms in total. The van der Waals surface area contributed by atoms with Gasteiger partial charge in [-0.2, -0.15) is 0 Å². The van der Waals surface area contributed by atoms with E-state index in [1.54, 1.807) is 30.0 Å². The van der Waals surface area contributed by atoms with Crippen LogP contribution in [0.1, 0.15) is 53.4 Å². The number of rotatable bonds is 7. The zero-order chi connectivity index (χ0) is 22.4. The second-order valence-electron chi connectivity index (χ2n) is 8.76. The molecule has 4 heteroatoms. The Kier molecular flexibility index (Phi) is 7.34. The molecule has 0 saturated carbocycles. The molecule has 3 aromatic rings. The van der Waals surface area contributed by atoms with Gasteiger partial charge >= 0.3 is 0 Å². The van der Waals surface area contributed by atoms with Gasteiger partial charge in [0, 0.05) is 22.6 Å². The van der Waals surface area contributed by atoms with Gasteiger partial charge in [-0.05, 0) is 35.6 Å². The van der Waals surface area contributed by atoms with Crippen LogP contribution in [0.2, 0.25) is 0 Å². The van der Waals surface area contributed by atoms with Crippen LogP contribution in [0.15, 0.2) is 72.8 Å². The third kappa shape index (κ3) is 6.56. The van der Waals surface area contributed by atoms with Gasteiger partial charge < -0.3 is 5.32 Å². The summed E-state index contributed by atoms with van der Waals surface area (Å²) in [5, 5.41) is 2.90. The summed E-state index contributed by atoms with van der Waals surface area (Å²) in [4.78, 5) is 25.2. The van der Waals surface area contributed by atoms with Crippen molar-refractivity contribution < 1.29 is 9.59 Å². The van der Waals surface area contributed by atoms with Gasteiger partial charge in [0.2, 0.25) is 5.91 Å². The van der Waals surface area contributed by atoms with Crippen LogP contribution in [0.3, 0.4) is 0 Å². The Hall–Kier alpha value is -2.85. The van der Waals surface area contributed by atoms with Gasteiger partial charge in [0.15, 0.2) is 5.78 Å². The van der Waals surface area contributed by atoms with Gasteiger partial charge in [0.1, 0.15) is 0 Å². The van der Waals surface area contributed by atoms with Crippen molar-refractivity contribution in [2.45, 2.75) is 38.9 Å². The molecule has 0 atom stereocenters. The number of anilines is 1. The zero-order valence-electron chi connectivity index (χ0n) is 18.6. The van der Waals surface area contributed by atoms with Crippen LogP contribution in [0.25, 0.3) is 0 Å². The van der Waals surface area contributed by atoms with Gasteiger partial charge in [-0.25, -0.2) is 0 Å². The molecule has 0 aliphatic rings. The maximum Gasteiger partial charge on any atom is 0.234 e. The van der Waals surface area contributed by atoms with Crippen LogP contribution in [-0.2, 0) is 16.0 Å². The number of carbonyl (C=O) groups excluding carboxylic acids is 2. The van der Waals surface area contributed by atoms with Crippen molar-refractivity contribution in [1.82, 2.24) is 0 Å². The fraction of sp³-hybridized carbons (Fsp3) is 0.259. The van der Waals surface area contributed by atoms with Crippen molar-refractivity contribution in [3.63, 3.8) is 0 Å². The number of ketones is 1. The van der Waals surface area contributed by atoms with Crippen LogP contribution in [-0.4, -0.2) is 17.4 Å². The minimum absolute atomic E-state index is 0.0449. The molecule has 0 aromatic heterocycles. The topological polar surface area (TPSA) is 46.2 Å². The predicted molar refractivity (Wildman–Crippen MR) is 131 cm³/mol. The lowest BCUT2D eigenvalue weighted by molar-refractivity contribution is -0.113. The minimum atomic E-state index is -0.0729. The monoisotopic (exact) mass is 431 g/mol. The molecule has 3 rings (SSSR count). The third-order valence-corrected chi connectivity index (χ3v) is 6.05. The number of hydrogen-bond acceptors (Lipinski definition) is 3. The highest BCUT2D eigenvalue weighted by Gasteiger charge is 2.15. The highest BCUT2D eigenvalue weighted by Crippen LogP contribution is 2.23. The first-order valence-electron chi connectivity index (χ1n) is 10.4. The molecule has 0 unspecified atom stereocenters. The second-order valence-corrected chi connectivity index (χ2v) is 9.75. The first-order valence-corrected chi connectivity index (χ1v) is 11.6. The van der Waals surface area contributed by atoms with E-state index in [2.05, 4.69) is 57.3 Å². The number of hydrogen-bond donors (Lipinski definition) is 1. The SMILES string of the molecule is Cc1ccc(CSCC(=O)Nc2cccc(C(=O)c3ccc(C(C)(C)C)cc3)c2)cc1. The molecule has 31 heavy (non-hydrogen) atoms. The van der Waals surface area contributed by atoms with E-state index < -0.39 is 0 Å². The lowest BCUT2D eigenvalue weighted by atomic mass is 9.86. The first kappa shape index (κ1) is 22.8. The van der Waals surface area contributed by atoms with Crippen molar-refractivity contribution in [3.05, 3.63) is 101 Å². The molecule has 0 aliphatic carbocycles. The Morgan fingerprint density at radius 3 is 2.19 bits per heavy atom. The van der Waals surface area contributed by atoms with Crippen LogP contribution in [0, 0.1) is 6.92 Å². The zero-order valence-corrected chi connectivity index (χ0v) is 19.4. The standard InChI is InChI=1S/C27H29NO2S/c1-19-8-10-20(11-9-19)17-31-18-25(29)28-24-7-5-6-22(16-24)26(30)21-12-14-23(15-13-21)27(2,3)4/h5-16H,17-18H2,1-4H3,(H,28,29). The molecular weight excluding hydrogens is 402 g/mol. The Balaban J connectivity index is 1.58. The van der Waals surface area contributed by atoms with Crippen molar-refractivity contribution >= 4 is 29.1 Å². The van der Waals surface area contributed by atoms with Crippen molar-refractivity contribution in [1.29, 1.82) is 0 Å². The van der Waals surface area contributed by atoms with Gasteiger partial charge in [-0.3, -0.25) is 9.59 Å². The van der Waals surface area contributed by atoms with E-state index in [4.69, 9.17) is 0 Å². The maximum atomic E-state index is 12.9. The van der Waals surface area contributed by atoms with E-state index in [1.165, 1.54) is 16.7 Å². The fourth-order valence-electron chi connectivity index (χ4n) is 3.17. The molecule has 0 heterocycles. The van der Waals surface area contributed by atoms with Crippen LogP contribution >= 0.6 is 11.8 Å². The van der Waals surface area contributed by atoms with Crippen molar-refractivity contribution in [2.75, 3.05) is 11.1 Å². The summed E-state index contributed by atoms with van der Waals surface area (Å²) in [6, 6.07) is 23.2. The second kappa shape index (κ2) is 9.97. The van der Waals surface area contributed by atoms with E-state index in [1.807, 2.05) is 30.3 Å². The van der Waals surface area contributed by atoms with Crippen LogP contribution < -0.4 is 5.32 Å². The van der Waals surface area contributed by atoms with E-state index in [-0.39, 0.29) is 17.1 Å². The van der Waals surface area contributed by atoms with Gasteiger partial charge in [0.05, 0.1) is 5.75 Å². The Bertz CT molecular complexity index is 1050. The number of nitrogens with one attached hydrogen (secondary N) is 1. The highest BCUT2D eigenvalue weighted by atomic mass is 32.2. The summed E-state index contributed by atoms with van der Waals surface area (Å²) in [6.07, 6.45) is 0. The Morgan fingerprint density at radius 2 is 1.55 bits per heavy atom. The Labute approximate surface area is 189 Å². The molecular formula is C27H29NO2S. The van der Waals surface area contributed by atoms with Crippen LogP contribution in [0.4, 0.5) is 5.69 Å². The predicted octanol–water partition coefficient (Wildman–Crippen LogP) is 6.40. The molecule has 0 aliphatic heterocycles. The molecule has 0 saturated heterocycles. The number of amides is 1. The molecule has 0 fully saturated rings. The first-order chi connectivity index (χ1) is 14.7.